The smallest absolute Gasteiger partial charge is 0.255 e. The fraction of sp³-hybridized carbons (Fsp3) is 0.188. The number of halogens is 1. The first-order valence-corrected chi connectivity index (χ1v) is 8.84. The Balaban J connectivity index is 2.37. The highest BCUT2D eigenvalue weighted by atomic mass is 35.5. The van der Waals surface area contributed by atoms with E-state index in [1.165, 1.54) is 6.07 Å². The lowest BCUT2D eigenvalue weighted by Gasteiger charge is -2.11. The molecule has 0 aliphatic rings. The van der Waals surface area contributed by atoms with Crippen molar-refractivity contribution in [2.45, 2.75) is 18.7 Å². The van der Waals surface area contributed by atoms with E-state index in [0.29, 0.717) is 16.3 Å². The van der Waals surface area contributed by atoms with Gasteiger partial charge in [-0.2, -0.15) is 0 Å². The molecular formula is C16H16ClNO3S. The lowest BCUT2D eigenvalue weighted by molar-refractivity contribution is 0.102. The van der Waals surface area contributed by atoms with Gasteiger partial charge in [0.05, 0.1) is 4.90 Å². The van der Waals surface area contributed by atoms with Crippen LogP contribution in [-0.4, -0.2) is 20.6 Å². The normalized spacial score (nSPS) is 11.3. The van der Waals surface area contributed by atoms with Gasteiger partial charge in [0.15, 0.2) is 9.84 Å². The Morgan fingerprint density at radius 2 is 1.82 bits per heavy atom. The van der Waals surface area contributed by atoms with Gasteiger partial charge in [-0.1, -0.05) is 23.7 Å². The van der Waals surface area contributed by atoms with Crippen molar-refractivity contribution in [2.24, 2.45) is 0 Å². The predicted molar refractivity (Wildman–Crippen MR) is 88.4 cm³/mol. The van der Waals surface area contributed by atoms with E-state index in [2.05, 4.69) is 5.32 Å². The van der Waals surface area contributed by atoms with Crippen molar-refractivity contribution in [3.8, 4) is 0 Å². The zero-order chi connectivity index (χ0) is 16.5. The third-order valence-electron chi connectivity index (χ3n) is 3.37. The number of carbonyl (C=O) groups is 1. The van der Waals surface area contributed by atoms with Gasteiger partial charge < -0.3 is 5.32 Å². The van der Waals surface area contributed by atoms with E-state index >= 15 is 0 Å². The molecular weight excluding hydrogens is 322 g/mol. The molecule has 4 nitrogen and oxygen atoms in total. The van der Waals surface area contributed by atoms with Crippen LogP contribution in [0.4, 0.5) is 5.69 Å². The minimum Gasteiger partial charge on any atom is -0.322 e. The van der Waals surface area contributed by atoms with Crippen LogP contribution in [0.1, 0.15) is 21.5 Å². The number of nitrogens with one attached hydrogen (secondary N) is 1. The Labute approximate surface area is 135 Å². The largest absolute Gasteiger partial charge is 0.322 e. The number of carbonyl (C=O) groups excluding carboxylic acids is 1. The third-order valence-corrected chi connectivity index (χ3v) is 5.01. The van der Waals surface area contributed by atoms with Crippen molar-refractivity contribution in [1.29, 1.82) is 0 Å². The molecule has 0 radical (unpaired) electrons. The standard InChI is InChI=1S/C16H16ClNO3S/c1-10-7-8-12(9-15(10)22(3,20)21)16(19)18-14-6-4-5-13(17)11(14)2/h4-9H,1-3H3,(H,18,19). The van der Waals surface area contributed by atoms with Crippen molar-refractivity contribution in [3.05, 3.63) is 58.1 Å². The summed E-state index contributed by atoms with van der Waals surface area (Å²) in [4.78, 5) is 12.5. The maximum Gasteiger partial charge on any atom is 0.255 e. The molecule has 1 N–H and O–H groups in total. The van der Waals surface area contributed by atoms with Crippen molar-refractivity contribution in [3.63, 3.8) is 0 Å². The van der Waals surface area contributed by atoms with Crippen LogP contribution in [0, 0.1) is 13.8 Å². The first kappa shape index (κ1) is 16.5. The number of benzene rings is 2. The molecule has 1 amide bonds. The van der Waals surface area contributed by atoms with Gasteiger partial charge in [0.25, 0.3) is 5.91 Å². The first-order valence-electron chi connectivity index (χ1n) is 6.57. The highest BCUT2D eigenvalue weighted by Gasteiger charge is 2.15. The lowest BCUT2D eigenvalue weighted by Crippen LogP contribution is -2.14. The second kappa shape index (κ2) is 6.10. The zero-order valence-electron chi connectivity index (χ0n) is 12.5. The van der Waals surface area contributed by atoms with Crippen molar-refractivity contribution >= 4 is 33.0 Å². The van der Waals surface area contributed by atoms with Gasteiger partial charge in [-0.3, -0.25) is 4.79 Å². The molecule has 2 aromatic rings. The maximum absolute atomic E-state index is 12.3. The lowest BCUT2D eigenvalue weighted by atomic mass is 10.1. The topological polar surface area (TPSA) is 63.2 Å². The summed E-state index contributed by atoms with van der Waals surface area (Å²) in [5, 5.41) is 3.30. The minimum absolute atomic E-state index is 0.156. The molecule has 116 valence electrons. The Morgan fingerprint density at radius 1 is 1.14 bits per heavy atom. The molecule has 0 aromatic heterocycles. The molecule has 0 saturated heterocycles. The van der Waals surface area contributed by atoms with E-state index in [9.17, 15) is 13.2 Å². The zero-order valence-corrected chi connectivity index (χ0v) is 14.0. The summed E-state index contributed by atoms with van der Waals surface area (Å²) in [6.07, 6.45) is 1.12. The first-order chi connectivity index (χ1) is 10.2. The average Bonchev–Trinajstić information content (AvgIpc) is 2.43. The molecule has 0 saturated carbocycles. The molecule has 0 bridgehead atoms. The molecule has 2 aromatic carbocycles. The van der Waals surface area contributed by atoms with Crippen molar-refractivity contribution in [2.75, 3.05) is 11.6 Å². The molecule has 0 fully saturated rings. The number of aryl methyl sites for hydroxylation is 1. The van der Waals surface area contributed by atoms with Crippen LogP contribution >= 0.6 is 11.6 Å². The van der Waals surface area contributed by atoms with E-state index in [-0.39, 0.29) is 16.4 Å². The number of rotatable bonds is 3. The molecule has 0 aliphatic carbocycles. The molecule has 2 rings (SSSR count). The van der Waals surface area contributed by atoms with Crippen LogP contribution in [0.5, 0.6) is 0 Å². The molecule has 6 heteroatoms. The second-order valence-electron chi connectivity index (χ2n) is 5.12. The monoisotopic (exact) mass is 337 g/mol. The number of amides is 1. The van der Waals surface area contributed by atoms with E-state index in [1.807, 2.05) is 0 Å². The van der Waals surface area contributed by atoms with Gasteiger partial charge in [0.2, 0.25) is 0 Å². The summed E-state index contributed by atoms with van der Waals surface area (Å²) < 4.78 is 23.5. The Hall–Kier alpha value is -1.85. The van der Waals surface area contributed by atoms with Crippen LogP contribution in [0.2, 0.25) is 5.02 Å². The van der Waals surface area contributed by atoms with Crippen LogP contribution < -0.4 is 5.32 Å². The van der Waals surface area contributed by atoms with Crippen LogP contribution in [0.25, 0.3) is 0 Å². The summed E-state index contributed by atoms with van der Waals surface area (Å²) in [6.45, 7) is 3.49. The molecule has 0 aliphatic heterocycles. The van der Waals surface area contributed by atoms with Crippen LogP contribution in [0.3, 0.4) is 0 Å². The third kappa shape index (κ3) is 3.48. The molecule has 0 spiro atoms. The van der Waals surface area contributed by atoms with Gasteiger partial charge in [-0.05, 0) is 49.2 Å². The number of anilines is 1. The van der Waals surface area contributed by atoms with Gasteiger partial charge in [0.1, 0.15) is 0 Å². The van der Waals surface area contributed by atoms with Crippen LogP contribution in [-0.2, 0) is 9.84 Å². The summed E-state index contributed by atoms with van der Waals surface area (Å²) in [6, 6.07) is 9.82. The van der Waals surface area contributed by atoms with E-state index < -0.39 is 9.84 Å². The molecule has 22 heavy (non-hydrogen) atoms. The Kier molecular flexibility index (Phi) is 4.58. The number of hydrogen-bond acceptors (Lipinski definition) is 3. The fourth-order valence-corrected chi connectivity index (χ4v) is 3.25. The van der Waals surface area contributed by atoms with E-state index in [1.54, 1.807) is 44.2 Å². The number of sulfone groups is 1. The van der Waals surface area contributed by atoms with E-state index in [4.69, 9.17) is 11.6 Å². The summed E-state index contributed by atoms with van der Waals surface area (Å²) in [7, 11) is -3.38. The maximum atomic E-state index is 12.3. The van der Waals surface area contributed by atoms with Crippen molar-refractivity contribution in [1.82, 2.24) is 0 Å². The second-order valence-corrected chi connectivity index (χ2v) is 7.51. The number of hydrogen-bond donors (Lipinski definition) is 1. The predicted octanol–water partition coefficient (Wildman–Crippen LogP) is 3.61. The van der Waals surface area contributed by atoms with Gasteiger partial charge in [-0.15, -0.1) is 0 Å². The minimum atomic E-state index is -3.38. The fourth-order valence-electron chi connectivity index (χ4n) is 2.08. The summed E-state index contributed by atoms with van der Waals surface area (Å²) in [5.41, 5.74) is 2.25. The molecule has 0 unspecified atom stereocenters. The summed E-state index contributed by atoms with van der Waals surface area (Å²) >= 11 is 6.02. The quantitative estimate of drug-likeness (QED) is 0.930. The van der Waals surface area contributed by atoms with E-state index in [0.717, 1.165) is 11.8 Å². The highest BCUT2D eigenvalue weighted by molar-refractivity contribution is 7.90. The molecule has 0 heterocycles. The van der Waals surface area contributed by atoms with Gasteiger partial charge >= 0.3 is 0 Å². The Bertz CT molecular complexity index is 844. The van der Waals surface area contributed by atoms with Gasteiger partial charge in [-0.25, -0.2) is 8.42 Å². The van der Waals surface area contributed by atoms with Gasteiger partial charge in [0, 0.05) is 22.5 Å². The summed E-state index contributed by atoms with van der Waals surface area (Å²) in [5.74, 6) is -0.379. The highest BCUT2D eigenvalue weighted by Crippen LogP contribution is 2.24. The van der Waals surface area contributed by atoms with Crippen LogP contribution in [0.15, 0.2) is 41.3 Å². The Morgan fingerprint density at radius 3 is 2.45 bits per heavy atom. The molecule has 0 atom stereocenters. The van der Waals surface area contributed by atoms with Crippen molar-refractivity contribution < 1.29 is 13.2 Å². The SMILES string of the molecule is Cc1ccc(C(=O)Nc2cccc(Cl)c2C)cc1S(C)(=O)=O. The average molecular weight is 338 g/mol.